The molecular weight excluding hydrogens is 568 g/mol. The Kier molecular flexibility index (Phi) is 8.30. The van der Waals surface area contributed by atoms with Crippen molar-refractivity contribution in [3.63, 3.8) is 0 Å². The van der Waals surface area contributed by atoms with Gasteiger partial charge in [-0.2, -0.15) is 0 Å². The van der Waals surface area contributed by atoms with Crippen molar-refractivity contribution in [1.82, 2.24) is 0 Å². The molecule has 0 heterocycles. The maximum absolute atomic E-state index is 14.1. The van der Waals surface area contributed by atoms with Gasteiger partial charge in [0.25, 0.3) is 0 Å². The van der Waals surface area contributed by atoms with E-state index in [1.165, 1.54) is 6.92 Å². The van der Waals surface area contributed by atoms with Gasteiger partial charge in [0.15, 0.2) is 5.78 Å². The number of fused-ring (bicyclic) bond motifs is 7. The van der Waals surface area contributed by atoms with Crippen molar-refractivity contribution in [2.75, 3.05) is 6.79 Å². The molecule has 4 fully saturated rings. The number of allylic oxidation sites excluding steroid dienone is 1. The normalized spacial score (nSPS) is 40.6. The molecule has 0 saturated heterocycles. The molecule has 0 aromatic rings. The fourth-order valence-corrected chi connectivity index (χ4v) is 11.7. The maximum atomic E-state index is 14.1. The van der Waals surface area contributed by atoms with E-state index >= 15 is 0 Å². The minimum atomic E-state index is -0.983. The lowest BCUT2D eigenvalue weighted by Gasteiger charge is -2.72. The molecule has 5 aliphatic rings. The number of rotatable bonds is 5. The summed E-state index contributed by atoms with van der Waals surface area (Å²) in [6.45, 7) is 22.6. The average molecular weight is 627 g/mol. The predicted octanol–water partition coefficient (Wildman–Crippen LogP) is 7.99. The molecule has 0 spiro atoms. The number of Topliss-reactive ketones (excluding diaryl/α,β-unsaturated/α-hetero) is 1. The van der Waals surface area contributed by atoms with Gasteiger partial charge < -0.3 is 14.2 Å². The van der Waals surface area contributed by atoms with Crippen LogP contribution >= 0.6 is 0 Å². The molecule has 0 N–H and O–H groups in total. The van der Waals surface area contributed by atoms with Crippen molar-refractivity contribution < 1.29 is 33.4 Å². The van der Waals surface area contributed by atoms with E-state index in [9.17, 15) is 19.2 Å². The summed E-state index contributed by atoms with van der Waals surface area (Å²) in [5.41, 5.74) is 0.151. The van der Waals surface area contributed by atoms with Crippen LogP contribution in [0.1, 0.15) is 134 Å². The lowest BCUT2D eigenvalue weighted by atomic mass is 9.33. The number of hydrogen-bond donors (Lipinski definition) is 0. The van der Waals surface area contributed by atoms with Gasteiger partial charge in [-0.05, 0) is 123 Å². The lowest BCUT2D eigenvalue weighted by molar-refractivity contribution is -0.233. The molecule has 7 nitrogen and oxygen atoms in total. The second-order valence-electron chi connectivity index (χ2n) is 18.0. The maximum Gasteiger partial charge on any atom is 0.319 e. The minimum absolute atomic E-state index is 0.0133. The Hall–Kier alpha value is -2.18. The Labute approximate surface area is 271 Å². The van der Waals surface area contributed by atoms with Crippen LogP contribution in [-0.4, -0.2) is 36.6 Å². The third-order valence-electron chi connectivity index (χ3n) is 14.1. The highest BCUT2D eigenvalue weighted by atomic mass is 16.7. The molecule has 0 radical (unpaired) electrons. The summed E-state index contributed by atoms with van der Waals surface area (Å²) >= 11 is 0. The number of ketones is 1. The number of esters is 3. The third-order valence-corrected chi connectivity index (χ3v) is 14.1. The first-order valence-electron chi connectivity index (χ1n) is 17.5. The molecule has 4 saturated carbocycles. The first-order valence-corrected chi connectivity index (χ1v) is 17.5. The van der Waals surface area contributed by atoms with Crippen LogP contribution < -0.4 is 0 Å². The van der Waals surface area contributed by atoms with Crippen LogP contribution in [0.25, 0.3) is 0 Å². The first-order chi connectivity index (χ1) is 20.7. The highest BCUT2D eigenvalue weighted by molar-refractivity contribution is 6.06. The zero-order valence-electron chi connectivity index (χ0n) is 29.8. The Balaban J connectivity index is 1.49. The van der Waals surface area contributed by atoms with E-state index in [-0.39, 0.29) is 57.8 Å². The molecule has 0 aliphatic heterocycles. The van der Waals surface area contributed by atoms with E-state index < -0.39 is 29.6 Å². The number of hydrogen-bond acceptors (Lipinski definition) is 7. The summed E-state index contributed by atoms with van der Waals surface area (Å²) in [6, 6.07) is 0. The van der Waals surface area contributed by atoms with E-state index in [2.05, 4.69) is 48.5 Å². The van der Waals surface area contributed by atoms with Gasteiger partial charge in [-0.25, -0.2) is 0 Å². The zero-order valence-corrected chi connectivity index (χ0v) is 29.8. The molecule has 0 bridgehead atoms. The van der Waals surface area contributed by atoms with Crippen LogP contribution in [0.15, 0.2) is 11.1 Å². The van der Waals surface area contributed by atoms with Crippen LogP contribution in [0.2, 0.25) is 0 Å². The van der Waals surface area contributed by atoms with E-state index in [0.717, 1.165) is 56.1 Å². The smallest absolute Gasteiger partial charge is 0.319 e. The summed E-state index contributed by atoms with van der Waals surface area (Å²) in [7, 11) is 0. The Bertz CT molecular complexity index is 1300. The van der Waals surface area contributed by atoms with Gasteiger partial charge in [-0.15, -0.1) is 0 Å². The Morgan fingerprint density at radius 3 is 2.11 bits per heavy atom. The molecule has 252 valence electrons. The summed E-state index contributed by atoms with van der Waals surface area (Å²) < 4.78 is 16.9. The van der Waals surface area contributed by atoms with Gasteiger partial charge in [-0.1, -0.05) is 48.5 Å². The molecule has 0 aromatic heterocycles. The summed E-state index contributed by atoms with van der Waals surface area (Å²) in [6.07, 6.45) is 7.61. The topological polar surface area (TPSA) is 96.0 Å². The zero-order chi connectivity index (χ0) is 33.5. The summed E-state index contributed by atoms with van der Waals surface area (Å²) in [4.78, 5) is 52.2. The molecular formula is C38H58O7. The Morgan fingerprint density at radius 2 is 1.51 bits per heavy atom. The van der Waals surface area contributed by atoms with Crippen LogP contribution in [-0.2, 0) is 33.4 Å². The van der Waals surface area contributed by atoms with Gasteiger partial charge in [0.2, 0.25) is 6.79 Å². The molecule has 5 rings (SSSR count). The predicted molar refractivity (Wildman–Crippen MR) is 171 cm³/mol. The summed E-state index contributed by atoms with van der Waals surface area (Å²) in [5, 5.41) is 0. The quantitative estimate of drug-likeness (QED) is 0.225. The van der Waals surface area contributed by atoms with Crippen molar-refractivity contribution in [2.45, 2.75) is 140 Å². The van der Waals surface area contributed by atoms with E-state index in [1.807, 2.05) is 0 Å². The fourth-order valence-electron chi connectivity index (χ4n) is 11.7. The fraction of sp³-hybridized carbons (Fsp3) is 0.842. The lowest BCUT2D eigenvalue weighted by Crippen LogP contribution is -2.66. The minimum Gasteiger partial charge on any atom is -0.462 e. The molecule has 5 aliphatic carbocycles. The summed E-state index contributed by atoms with van der Waals surface area (Å²) in [5.74, 6) is 0.117. The van der Waals surface area contributed by atoms with Crippen molar-refractivity contribution in [2.24, 2.45) is 56.2 Å². The molecule has 8 atom stereocenters. The van der Waals surface area contributed by atoms with Crippen LogP contribution in [0.3, 0.4) is 0 Å². The molecule has 0 aromatic carbocycles. The molecule has 7 heteroatoms. The van der Waals surface area contributed by atoms with Crippen LogP contribution in [0.5, 0.6) is 0 Å². The van der Waals surface area contributed by atoms with Crippen LogP contribution in [0.4, 0.5) is 0 Å². The van der Waals surface area contributed by atoms with Crippen molar-refractivity contribution in [3.05, 3.63) is 11.1 Å². The highest BCUT2D eigenvalue weighted by Gasteiger charge is 2.71. The SMILES string of the molecule is CC(=O)OC1CC[C@]2(C)[C@H]3CC[C@@H]4C5=C(C(C)C)C(=O)C[C@]5(C(=O)OCOC(=O)C(C)(C)C)CC[C@@]4(C)[C@]3(C)CC[C@H]2C1(C)C. The number of ether oxygens (including phenoxy) is 3. The van der Waals surface area contributed by atoms with Gasteiger partial charge >= 0.3 is 17.9 Å². The standard InChI is InChI=1S/C38H58O7/c1-22(2)29-25(40)20-38(32(42)44-21-43-31(41)33(4,5)6)19-18-36(10)24(30(29)38)12-13-27-35(9)16-15-28(45-23(3)39)34(7,8)26(35)14-17-37(27,36)11/h22,24,26-28H,12-21H2,1-11H3/t24-,26+,27-,28?,35+,36-,37-,38-/m1/s1. The van der Waals surface area contributed by atoms with Crippen molar-refractivity contribution in [1.29, 1.82) is 0 Å². The second-order valence-corrected chi connectivity index (χ2v) is 18.0. The van der Waals surface area contributed by atoms with Crippen LogP contribution in [0, 0.1) is 56.2 Å². The van der Waals surface area contributed by atoms with E-state index in [0.29, 0.717) is 18.3 Å². The second kappa shape index (κ2) is 10.9. The van der Waals surface area contributed by atoms with Gasteiger partial charge in [0.05, 0.1) is 10.8 Å². The van der Waals surface area contributed by atoms with Crippen molar-refractivity contribution >= 4 is 23.7 Å². The average Bonchev–Trinajstić information content (AvgIpc) is 3.23. The first kappa shape index (κ1) is 34.2. The largest absolute Gasteiger partial charge is 0.462 e. The number of carbonyl (C=O) groups excluding carboxylic acids is 4. The van der Waals surface area contributed by atoms with Gasteiger partial charge in [-0.3, -0.25) is 19.2 Å². The number of carbonyl (C=O) groups is 4. The van der Waals surface area contributed by atoms with Crippen molar-refractivity contribution in [3.8, 4) is 0 Å². The van der Waals surface area contributed by atoms with E-state index in [4.69, 9.17) is 14.2 Å². The third kappa shape index (κ3) is 4.94. The van der Waals surface area contributed by atoms with E-state index in [1.54, 1.807) is 20.8 Å². The molecule has 0 amide bonds. The molecule has 1 unspecified atom stereocenters. The van der Waals surface area contributed by atoms with Gasteiger partial charge in [0.1, 0.15) is 6.10 Å². The Morgan fingerprint density at radius 1 is 0.844 bits per heavy atom. The monoisotopic (exact) mass is 626 g/mol. The van der Waals surface area contributed by atoms with Gasteiger partial charge in [0, 0.05) is 18.8 Å². The molecule has 45 heavy (non-hydrogen) atoms. The highest BCUT2D eigenvalue weighted by Crippen LogP contribution is 2.76.